The number of carbonyl (C=O) groups is 1. The molecule has 0 saturated carbocycles. The number of piperidine rings is 1. The van der Waals surface area contributed by atoms with Crippen LogP contribution in [0.25, 0.3) is 0 Å². The van der Waals surface area contributed by atoms with Gasteiger partial charge in [0, 0.05) is 12.5 Å². The van der Waals surface area contributed by atoms with Gasteiger partial charge in [-0.1, -0.05) is 20.8 Å². The molecule has 3 atom stereocenters. The molecule has 1 fully saturated rings. The number of methoxy groups -OCH3 is 1. The largest absolute Gasteiger partial charge is 0.380 e. The van der Waals surface area contributed by atoms with E-state index in [1.807, 2.05) is 0 Å². The van der Waals surface area contributed by atoms with Gasteiger partial charge in [-0.3, -0.25) is 10.1 Å². The molecule has 0 aliphatic carbocycles. The molecular weight excluding hydrogens is 228 g/mol. The average molecular weight is 249 g/mol. The summed E-state index contributed by atoms with van der Waals surface area (Å²) in [5.41, 5.74) is -0.510. The first-order chi connectivity index (χ1) is 7.77. The SMILES string of the molecule is COC1CCC(C(=O)C(C)(C)C)NC1C(F)F. The molecule has 1 saturated heterocycles. The fourth-order valence-electron chi connectivity index (χ4n) is 2.16. The van der Waals surface area contributed by atoms with Crippen LogP contribution in [0.4, 0.5) is 8.78 Å². The van der Waals surface area contributed by atoms with Crippen LogP contribution in [0.1, 0.15) is 33.6 Å². The van der Waals surface area contributed by atoms with E-state index in [2.05, 4.69) is 5.32 Å². The first-order valence-electron chi connectivity index (χ1n) is 5.88. The number of halogens is 2. The van der Waals surface area contributed by atoms with E-state index in [1.165, 1.54) is 7.11 Å². The maximum absolute atomic E-state index is 12.8. The Balaban J connectivity index is 2.72. The van der Waals surface area contributed by atoms with Crippen molar-refractivity contribution >= 4 is 5.78 Å². The van der Waals surface area contributed by atoms with E-state index in [0.717, 1.165) is 0 Å². The summed E-state index contributed by atoms with van der Waals surface area (Å²) in [5, 5.41) is 2.74. The molecule has 0 radical (unpaired) electrons. The molecule has 100 valence electrons. The molecule has 0 aromatic rings. The van der Waals surface area contributed by atoms with Crippen molar-refractivity contribution in [1.29, 1.82) is 0 Å². The van der Waals surface area contributed by atoms with Gasteiger partial charge >= 0.3 is 0 Å². The van der Waals surface area contributed by atoms with Gasteiger partial charge in [0.05, 0.1) is 18.2 Å². The summed E-state index contributed by atoms with van der Waals surface area (Å²) in [7, 11) is 1.42. The van der Waals surface area contributed by atoms with Gasteiger partial charge in [-0.05, 0) is 12.8 Å². The molecule has 1 N–H and O–H groups in total. The number of hydrogen-bond donors (Lipinski definition) is 1. The molecule has 0 spiro atoms. The van der Waals surface area contributed by atoms with Gasteiger partial charge in [-0.2, -0.15) is 0 Å². The number of rotatable bonds is 3. The summed E-state index contributed by atoms with van der Waals surface area (Å²) in [4.78, 5) is 12.0. The topological polar surface area (TPSA) is 38.3 Å². The predicted octanol–water partition coefficient (Wildman–Crippen LogP) is 2.00. The number of carbonyl (C=O) groups excluding carboxylic acids is 1. The fourth-order valence-corrected chi connectivity index (χ4v) is 2.16. The van der Waals surface area contributed by atoms with E-state index >= 15 is 0 Å². The Kier molecular flexibility index (Phi) is 4.61. The van der Waals surface area contributed by atoms with E-state index in [4.69, 9.17) is 4.74 Å². The normalized spacial score (nSPS) is 30.6. The lowest BCUT2D eigenvalue weighted by Gasteiger charge is -2.37. The lowest BCUT2D eigenvalue weighted by atomic mass is 9.82. The maximum Gasteiger partial charge on any atom is 0.256 e. The summed E-state index contributed by atoms with van der Waals surface area (Å²) in [6.07, 6.45) is -1.99. The van der Waals surface area contributed by atoms with Crippen LogP contribution < -0.4 is 5.32 Å². The average Bonchev–Trinajstić information content (AvgIpc) is 2.25. The number of alkyl halides is 2. The number of Topliss-reactive ketones (excluding diaryl/α,β-unsaturated/α-hetero) is 1. The molecule has 1 heterocycles. The molecule has 17 heavy (non-hydrogen) atoms. The number of ketones is 1. The van der Waals surface area contributed by atoms with E-state index in [1.54, 1.807) is 20.8 Å². The molecular formula is C12H21F2NO2. The van der Waals surface area contributed by atoms with Crippen LogP contribution in [0.5, 0.6) is 0 Å². The zero-order valence-corrected chi connectivity index (χ0v) is 10.8. The minimum absolute atomic E-state index is 0.0160. The molecule has 3 nitrogen and oxygen atoms in total. The first-order valence-corrected chi connectivity index (χ1v) is 5.88. The molecule has 1 aliphatic heterocycles. The van der Waals surface area contributed by atoms with Gasteiger partial charge in [-0.15, -0.1) is 0 Å². The number of nitrogens with one attached hydrogen (secondary N) is 1. The van der Waals surface area contributed by atoms with Crippen molar-refractivity contribution in [3.05, 3.63) is 0 Å². The van der Waals surface area contributed by atoms with Crippen LogP contribution in [0, 0.1) is 5.41 Å². The van der Waals surface area contributed by atoms with E-state index in [0.29, 0.717) is 12.8 Å². The monoisotopic (exact) mass is 249 g/mol. The second-order valence-corrected chi connectivity index (χ2v) is 5.55. The van der Waals surface area contributed by atoms with E-state index in [9.17, 15) is 13.6 Å². The number of ether oxygens (including phenoxy) is 1. The van der Waals surface area contributed by atoms with Crippen molar-refractivity contribution in [3.63, 3.8) is 0 Å². The molecule has 5 heteroatoms. The van der Waals surface area contributed by atoms with Crippen molar-refractivity contribution in [3.8, 4) is 0 Å². The third-order valence-electron chi connectivity index (χ3n) is 3.16. The second-order valence-electron chi connectivity index (χ2n) is 5.55. The van der Waals surface area contributed by atoms with Gasteiger partial charge in [0.15, 0.2) is 5.78 Å². The van der Waals surface area contributed by atoms with Crippen molar-refractivity contribution in [2.45, 2.75) is 58.2 Å². The number of hydrogen-bond acceptors (Lipinski definition) is 3. The van der Waals surface area contributed by atoms with Crippen LogP contribution in [0.15, 0.2) is 0 Å². The summed E-state index contributed by atoms with van der Waals surface area (Å²) in [6, 6.07) is -1.54. The van der Waals surface area contributed by atoms with Gasteiger partial charge in [0.2, 0.25) is 0 Å². The summed E-state index contributed by atoms with van der Waals surface area (Å²) in [6.45, 7) is 5.41. The minimum Gasteiger partial charge on any atom is -0.380 e. The van der Waals surface area contributed by atoms with Crippen molar-refractivity contribution in [2.75, 3.05) is 7.11 Å². The zero-order chi connectivity index (χ0) is 13.2. The Bertz CT molecular complexity index is 276. The highest BCUT2D eigenvalue weighted by Gasteiger charge is 2.40. The smallest absolute Gasteiger partial charge is 0.256 e. The Labute approximate surface area is 101 Å². The highest BCUT2D eigenvalue weighted by molar-refractivity contribution is 5.88. The van der Waals surface area contributed by atoms with Crippen LogP contribution in [-0.4, -0.2) is 37.5 Å². The predicted molar refractivity (Wildman–Crippen MR) is 61.2 cm³/mol. The van der Waals surface area contributed by atoms with Gasteiger partial charge in [0.1, 0.15) is 0 Å². The molecule has 1 aliphatic rings. The van der Waals surface area contributed by atoms with Gasteiger partial charge in [-0.25, -0.2) is 8.78 Å². The molecule has 0 aromatic carbocycles. The maximum atomic E-state index is 12.8. The zero-order valence-electron chi connectivity index (χ0n) is 10.8. The third-order valence-corrected chi connectivity index (χ3v) is 3.16. The highest BCUT2D eigenvalue weighted by atomic mass is 19.3. The van der Waals surface area contributed by atoms with Crippen LogP contribution in [0.3, 0.4) is 0 Å². The standard InChI is InChI=1S/C12H21F2NO2/c1-12(2,3)10(16)7-5-6-8(17-4)9(15-7)11(13)14/h7-9,11,15H,5-6H2,1-4H3. The highest BCUT2D eigenvalue weighted by Crippen LogP contribution is 2.26. The molecule has 1 rings (SSSR count). The lowest BCUT2D eigenvalue weighted by Crippen LogP contribution is -2.58. The fraction of sp³-hybridized carbons (Fsp3) is 0.917. The van der Waals surface area contributed by atoms with Gasteiger partial charge in [0.25, 0.3) is 6.43 Å². The van der Waals surface area contributed by atoms with E-state index in [-0.39, 0.29) is 5.78 Å². The van der Waals surface area contributed by atoms with Crippen molar-refractivity contribution in [1.82, 2.24) is 5.32 Å². The van der Waals surface area contributed by atoms with Crippen molar-refractivity contribution in [2.24, 2.45) is 5.41 Å². The van der Waals surface area contributed by atoms with Gasteiger partial charge < -0.3 is 4.74 Å². The summed E-state index contributed by atoms with van der Waals surface area (Å²) >= 11 is 0. The minimum atomic E-state index is -2.52. The Hall–Kier alpha value is -0.550. The third kappa shape index (κ3) is 3.45. The lowest BCUT2D eigenvalue weighted by molar-refractivity contribution is -0.131. The molecule has 3 unspecified atom stereocenters. The van der Waals surface area contributed by atoms with Crippen molar-refractivity contribution < 1.29 is 18.3 Å². The first kappa shape index (κ1) is 14.5. The Morgan fingerprint density at radius 1 is 1.35 bits per heavy atom. The Morgan fingerprint density at radius 3 is 2.35 bits per heavy atom. The molecule has 0 aromatic heterocycles. The second kappa shape index (κ2) is 5.40. The van der Waals surface area contributed by atoms with Crippen LogP contribution in [0.2, 0.25) is 0 Å². The van der Waals surface area contributed by atoms with Crippen LogP contribution >= 0.6 is 0 Å². The summed E-state index contributed by atoms with van der Waals surface area (Å²) < 4.78 is 30.7. The molecule has 0 amide bonds. The Morgan fingerprint density at radius 2 is 1.94 bits per heavy atom. The summed E-state index contributed by atoms with van der Waals surface area (Å²) in [5.74, 6) is -0.0160. The van der Waals surface area contributed by atoms with Crippen LogP contribution in [-0.2, 0) is 9.53 Å². The van der Waals surface area contributed by atoms with E-state index < -0.39 is 30.0 Å². The molecule has 0 bridgehead atoms. The quantitative estimate of drug-likeness (QED) is 0.831.